The highest BCUT2D eigenvalue weighted by Gasteiger charge is 2.67. The first kappa shape index (κ1) is 13.2. The van der Waals surface area contributed by atoms with E-state index in [1.54, 1.807) is 0 Å². The number of nitrogens with one attached hydrogen (secondary N) is 1. The zero-order valence-corrected chi connectivity index (χ0v) is 11.3. The first-order valence-corrected chi connectivity index (χ1v) is 6.38. The lowest BCUT2D eigenvalue weighted by Crippen LogP contribution is -2.49. The molecule has 5 heteroatoms. The largest absolute Gasteiger partial charge is 0.481 e. The third kappa shape index (κ3) is 2.31. The van der Waals surface area contributed by atoms with Gasteiger partial charge in [-0.05, 0) is 52.4 Å². The highest BCUT2D eigenvalue weighted by Crippen LogP contribution is 2.62. The number of ether oxygens (including phenoxy) is 1. The van der Waals surface area contributed by atoms with Crippen LogP contribution < -0.4 is 5.32 Å². The van der Waals surface area contributed by atoms with Gasteiger partial charge in [0.2, 0.25) is 0 Å². The monoisotopic (exact) mass is 255 g/mol. The summed E-state index contributed by atoms with van der Waals surface area (Å²) in [7, 11) is 0. The number of fused-ring (bicyclic) bond motifs is 1. The second-order valence-corrected chi connectivity index (χ2v) is 6.64. The summed E-state index contributed by atoms with van der Waals surface area (Å²) in [4.78, 5) is 22.8. The number of carbonyl (C=O) groups excluding carboxylic acids is 1. The van der Waals surface area contributed by atoms with Gasteiger partial charge in [-0.15, -0.1) is 0 Å². The SMILES string of the molecule is CC(C)(C)OC(=O)N[C@@]1(C)CC[C@H]2[C@H](C(=O)O)[C@H]21. The molecule has 102 valence electrons. The van der Waals surface area contributed by atoms with E-state index in [2.05, 4.69) is 5.32 Å². The van der Waals surface area contributed by atoms with E-state index in [0.717, 1.165) is 12.8 Å². The van der Waals surface area contributed by atoms with E-state index in [1.165, 1.54) is 0 Å². The summed E-state index contributed by atoms with van der Waals surface area (Å²) in [5.74, 6) is -0.759. The van der Waals surface area contributed by atoms with Crippen LogP contribution in [-0.2, 0) is 9.53 Å². The van der Waals surface area contributed by atoms with E-state index in [4.69, 9.17) is 9.84 Å². The van der Waals surface area contributed by atoms with Crippen LogP contribution in [0.3, 0.4) is 0 Å². The molecule has 0 heterocycles. The lowest BCUT2D eigenvalue weighted by molar-refractivity contribution is -0.139. The topological polar surface area (TPSA) is 75.6 Å². The number of carboxylic acid groups (broad SMARTS) is 1. The average Bonchev–Trinajstić information content (AvgIpc) is 2.78. The Morgan fingerprint density at radius 3 is 2.44 bits per heavy atom. The summed E-state index contributed by atoms with van der Waals surface area (Å²) in [6, 6.07) is 0. The van der Waals surface area contributed by atoms with Gasteiger partial charge in [-0.25, -0.2) is 4.79 Å². The second kappa shape index (κ2) is 3.87. The molecule has 0 bridgehead atoms. The molecular weight excluding hydrogens is 234 g/mol. The quantitative estimate of drug-likeness (QED) is 0.791. The van der Waals surface area contributed by atoms with Crippen LogP contribution >= 0.6 is 0 Å². The fraction of sp³-hybridized carbons (Fsp3) is 0.846. The summed E-state index contributed by atoms with van der Waals surface area (Å²) in [6.45, 7) is 7.35. The molecule has 2 N–H and O–H groups in total. The number of alkyl carbamates (subject to hydrolysis) is 1. The molecule has 0 radical (unpaired) electrons. The highest BCUT2D eigenvalue weighted by atomic mass is 16.6. The summed E-state index contributed by atoms with van der Waals surface area (Å²) in [6.07, 6.45) is 1.24. The van der Waals surface area contributed by atoms with Crippen LogP contribution in [-0.4, -0.2) is 28.3 Å². The zero-order chi connectivity index (χ0) is 13.7. The molecule has 5 nitrogen and oxygen atoms in total. The summed E-state index contributed by atoms with van der Waals surface area (Å²) in [5.41, 5.74) is -0.968. The van der Waals surface area contributed by atoms with Gasteiger partial charge in [0.05, 0.1) is 5.92 Å². The number of carbonyl (C=O) groups is 2. The van der Waals surface area contributed by atoms with Gasteiger partial charge in [0.15, 0.2) is 0 Å². The molecule has 0 unspecified atom stereocenters. The second-order valence-electron chi connectivity index (χ2n) is 6.64. The fourth-order valence-electron chi connectivity index (χ4n) is 3.25. The fourth-order valence-corrected chi connectivity index (χ4v) is 3.25. The van der Waals surface area contributed by atoms with Crippen molar-refractivity contribution < 1.29 is 19.4 Å². The van der Waals surface area contributed by atoms with Gasteiger partial charge in [-0.3, -0.25) is 4.79 Å². The van der Waals surface area contributed by atoms with Crippen LogP contribution in [0.4, 0.5) is 4.79 Å². The van der Waals surface area contributed by atoms with Crippen molar-refractivity contribution in [2.45, 2.75) is 51.7 Å². The minimum Gasteiger partial charge on any atom is -0.481 e. The Balaban J connectivity index is 1.97. The predicted octanol–water partition coefficient (Wildman–Crippen LogP) is 2.01. The predicted molar refractivity (Wildman–Crippen MR) is 65.1 cm³/mol. The number of aliphatic carboxylic acids is 1. The first-order valence-electron chi connectivity index (χ1n) is 6.38. The van der Waals surface area contributed by atoms with Crippen LogP contribution in [0, 0.1) is 17.8 Å². The molecule has 0 aromatic rings. The van der Waals surface area contributed by atoms with E-state index in [1.807, 2.05) is 27.7 Å². The van der Waals surface area contributed by atoms with Gasteiger partial charge in [-0.2, -0.15) is 0 Å². The molecule has 0 aromatic carbocycles. The molecule has 0 aliphatic heterocycles. The van der Waals surface area contributed by atoms with Crippen molar-refractivity contribution in [3.05, 3.63) is 0 Å². The minimum atomic E-state index is -0.748. The maximum absolute atomic E-state index is 11.8. The van der Waals surface area contributed by atoms with Crippen molar-refractivity contribution in [3.63, 3.8) is 0 Å². The Labute approximate surface area is 107 Å². The smallest absolute Gasteiger partial charge is 0.408 e. The van der Waals surface area contributed by atoms with Gasteiger partial charge in [0, 0.05) is 5.54 Å². The lowest BCUT2D eigenvalue weighted by atomic mass is 9.93. The van der Waals surface area contributed by atoms with Gasteiger partial charge < -0.3 is 15.2 Å². The number of rotatable bonds is 2. The Bertz CT molecular complexity index is 387. The molecule has 2 saturated carbocycles. The van der Waals surface area contributed by atoms with E-state index in [0.29, 0.717) is 0 Å². The minimum absolute atomic E-state index is 0.0579. The summed E-state index contributed by atoms with van der Waals surface area (Å²) >= 11 is 0. The van der Waals surface area contributed by atoms with E-state index in [-0.39, 0.29) is 17.8 Å². The van der Waals surface area contributed by atoms with Crippen LogP contribution in [0.5, 0.6) is 0 Å². The van der Waals surface area contributed by atoms with Crippen molar-refractivity contribution in [1.82, 2.24) is 5.32 Å². The zero-order valence-electron chi connectivity index (χ0n) is 11.3. The molecule has 18 heavy (non-hydrogen) atoms. The third-order valence-corrected chi connectivity index (χ3v) is 3.97. The van der Waals surface area contributed by atoms with Crippen LogP contribution in [0.15, 0.2) is 0 Å². The van der Waals surface area contributed by atoms with Crippen molar-refractivity contribution in [1.29, 1.82) is 0 Å². The molecule has 2 aliphatic carbocycles. The normalized spacial score (nSPS) is 37.9. The number of amides is 1. The Kier molecular flexibility index (Phi) is 2.83. The number of hydrogen-bond donors (Lipinski definition) is 2. The van der Waals surface area contributed by atoms with Gasteiger partial charge >= 0.3 is 12.1 Å². The molecule has 2 fully saturated rings. The van der Waals surface area contributed by atoms with Gasteiger partial charge in [0.25, 0.3) is 0 Å². The standard InChI is InChI=1S/C13H21NO4/c1-12(2,3)18-11(17)14-13(4)6-5-7-8(9(7)13)10(15)16/h7-9H,5-6H2,1-4H3,(H,14,17)(H,15,16)/t7-,8-,9-,13-/m0/s1. The molecule has 0 spiro atoms. The van der Waals surface area contributed by atoms with E-state index < -0.39 is 23.2 Å². The maximum atomic E-state index is 11.8. The maximum Gasteiger partial charge on any atom is 0.408 e. The number of carboxylic acids is 1. The molecular formula is C13H21NO4. The molecule has 0 saturated heterocycles. The van der Waals surface area contributed by atoms with E-state index in [9.17, 15) is 9.59 Å². The van der Waals surface area contributed by atoms with Crippen LogP contribution in [0.2, 0.25) is 0 Å². The first-order chi connectivity index (χ1) is 8.14. The van der Waals surface area contributed by atoms with Crippen molar-refractivity contribution >= 4 is 12.1 Å². The summed E-state index contributed by atoms with van der Waals surface area (Å²) in [5, 5.41) is 11.9. The third-order valence-electron chi connectivity index (χ3n) is 3.97. The summed E-state index contributed by atoms with van der Waals surface area (Å²) < 4.78 is 5.23. The van der Waals surface area contributed by atoms with Crippen molar-refractivity contribution in [2.24, 2.45) is 17.8 Å². The Morgan fingerprint density at radius 1 is 1.39 bits per heavy atom. The van der Waals surface area contributed by atoms with Gasteiger partial charge in [-0.1, -0.05) is 0 Å². The molecule has 1 amide bonds. The molecule has 4 atom stereocenters. The molecule has 2 rings (SSSR count). The number of hydrogen-bond acceptors (Lipinski definition) is 3. The molecule has 0 aromatic heterocycles. The van der Waals surface area contributed by atoms with Crippen LogP contribution in [0.1, 0.15) is 40.5 Å². The average molecular weight is 255 g/mol. The van der Waals surface area contributed by atoms with Gasteiger partial charge in [0.1, 0.15) is 5.60 Å². The molecule has 2 aliphatic rings. The highest BCUT2D eigenvalue weighted by molar-refractivity contribution is 5.76. The Morgan fingerprint density at radius 2 is 2.00 bits per heavy atom. The van der Waals surface area contributed by atoms with Crippen molar-refractivity contribution in [3.8, 4) is 0 Å². The lowest BCUT2D eigenvalue weighted by Gasteiger charge is -2.30. The Hall–Kier alpha value is -1.26. The van der Waals surface area contributed by atoms with Crippen LogP contribution in [0.25, 0.3) is 0 Å². The van der Waals surface area contributed by atoms with Crippen molar-refractivity contribution in [2.75, 3.05) is 0 Å². The van der Waals surface area contributed by atoms with E-state index >= 15 is 0 Å².